The van der Waals surface area contributed by atoms with Crippen molar-refractivity contribution in [1.82, 2.24) is 4.90 Å². The van der Waals surface area contributed by atoms with Gasteiger partial charge in [0.15, 0.2) is 0 Å². The van der Waals surface area contributed by atoms with Crippen LogP contribution < -0.4 is 10.1 Å². The highest BCUT2D eigenvalue weighted by molar-refractivity contribution is 5.90. The van der Waals surface area contributed by atoms with Crippen molar-refractivity contribution in [3.8, 4) is 5.75 Å². The summed E-state index contributed by atoms with van der Waals surface area (Å²) in [7, 11) is 0. The van der Waals surface area contributed by atoms with Crippen LogP contribution in [0.25, 0.3) is 0 Å². The molecular weight excluding hydrogens is 380 g/mol. The number of para-hydroxylation sites is 1. The van der Waals surface area contributed by atoms with Crippen LogP contribution in [-0.2, 0) is 11.3 Å². The van der Waals surface area contributed by atoms with Crippen LogP contribution in [-0.4, -0.2) is 46.9 Å². The number of fused-ring (bicyclic) bond motifs is 2. The summed E-state index contributed by atoms with van der Waals surface area (Å²) in [4.78, 5) is 14.8. The number of amides is 2. The maximum absolute atomic E-state index is 12.9. The van der Waals surface area contributed by atoms with E-state index in [0.29, 0.717) is 32.7 Å². The van der Waals surface area contributed by atoms with Crippen LogP contribution in [0, 0.1) is 0 Å². The highest BCUT2D eigenvalue weighted by atomic mass is 16.5. The van der Waals surface area contributed by atoms with E-state index in [9.17, 15) is 9.90 Å². The summed E-state index contributed by atoms with van der Waals surface area (Å²) in [6.07, 6.45) is 3.23. The predicted molar refractivity (Wildman–Crippen MR) is 116 cm³/mol. The summed E-state index contributed by atoms with van der Waals surface area (Å²) in [5.74, 6) is 0.832. The fourth-order valence-corrected chi connectivity index (χ4v) is 4.64. The molecule has 2 unspecified atom stereocenters. The number of aliphatic hydroxyl groups is 1. The Labute approximate surface area is 177 Å². The quantitative estimate of drug-likeness (QED) is 0.672. The van der Waals surface area contributed by atoms with Gasteiger partial charge in [-0.05, 0) is 62.4 Å². The van der Waals surface area contributed by atoms with E-state index in [4.69, 9.17) is 9.47 Å². The Hall–Kier alpha value is -2.57. The lowest BCUT2D eigenvalue weighted by molar-refractivity contribution is -0.0224. The molecule has 2 aromatic carbocycles. The van der Waals surface area contributed by atoms with Gasteiger partial charge in [-0.1, -0.05) is 30.3 Å². The van der Waals surface area contributed by atoms with Gasteiger partial charge in [-0.2, -0.15) is 0 Å². The molecule has 4 rings (SSSR count). The molecule has 2 aliphatic heterocycles. The molecule has 30 heavy (non-hydrogen) atoms. The van der Waals surface area contributed by atoms with Crippen LogP contribution in [0.4, 0.5) is 10.5 Å². The molecule has 0 spiro atoms. The van der Waals surface area contributed by atoms with Crippen molar-refractivity contribution < 1.29 is 19.4 Å². The van der Waals surface area contributed by atoms with E-state index in [1.54, 1.807) is 0 Å². The molecule has 6 nitrogen and oxygen atoms in total. The zero-order valence-electron chi connectivity index (χ0n) is 17.4. The maximum Gasteiger partial charge on any atom is 0.322 e. The number of hydrogen-bond donors (Lipinski definition) is 2. The monoisotopic (exact) mass is 410 g/mol. The summed E-state index contributed by atoms with van der Waals surface area (Å²) in [5.41, 5.74) is 1.10. The topological polar surface area (TPSA) is 71.0 Å². The molecule has 0 saturated carbocycles. The molecular formula is C24H30N2O4. The van der Waals surface area contributed by atoms with Gasteiger partial charge in [0.25, 0.3) is 0 Å². The van der Waals surface area contributed by atoms with Crippen LogP contribution in [0.3, 0.4) is 0 Å². The van der Waals surface area contributed by atoms with Crippen LogP contribution in [0.5, 0.6) is 5.75 Å². The van der Waals surface area contributed by atoms with Gasteiger partial charge in [0.05, 0.1) is 18.8 Å². The summed E-state index contributed by atoms with van der Waals surface area (Å²) >= 11 is 0. The number of urea groups is 1. The van der Waals surface area contributed by atoms with Crippen LogP contribution in [0.15, 0.2) is 54.6 Å². The molecule has 160 valence electrons. The first kappa shape index (κ1) is 20.7. The molecule has 0 aromatic heterocycles. The summed E-state index contributed by atoms with van der Waals surface area (Å²) in [5, 5.41) is 13.4. The van der Waals surface area contributed by atoms with Crippen molar-refractivity contribution in [2.45, 2.75) is 56.9 Å². The third-order valence-corrected chi connectivity index (χ3v) is 5.89. The Morgan fingerprint density at radius 2 is 1.83 bits per heavy atom. The fourth-order valence-electron chi connectivity index (χ4n) is 4.64. The van der Waals surface area contributed by atoms with Gasteiger partial charge in [0.2, 0.25) is 0 Å². The first-order valence-corrected chi connectivity index (χ1v) is 10.7. The number of rotatable bonds is 7. The van der Waals surface area contributed by atoms with Gasteiger partial charge in [-0.15, -0.1) is 0 Å². The van der Waals surface area contributed by atoms with Crippen molar-refractivity contribution in [2.24, 2.45) is 0 Å². The van der Waals surface area contributed by atoms with Gasteiger partial charge < -0.3 is 24.8 Å². The molecule has 2 heterocycles. The molecule has 2 amide bonds. The number of benzene rings is 2. The molecule has 2 atom stereocenters. The van der Waals surface area contributed by atoms with E-state index in [0.717, 1.165) is 29.8 Å². The average molecular weight is 411 g/mol. The van der Waals surface area contributed by atoms with Crippen LogP contribution in [0.1, 0.15) is 38.2 Å². The zero-order chi connectivity index (χ0) is 21.0. The van der Waals surface area contributed by atoms with Gasteiger partial charge in [0, 0.05) is 17.8 Å². The third-order valence-electron chi connectivity index (χ3n) is 5.89. The smallest absolute Gasteiger partial charge is 0.322 e. The molecule has 0 aliphatic carbocycles. The van der Waals surface area contributed by atoms with Gasteiger partial charge >= 0.3 is 6.03 Å². The minimum atomic E-state index is -0.663. The number of anilines is 1. The predicted octanol–water partition coefficient (Wildman–Crippen LogP) is 4.19. The number of hydrogen-bond acceptors (Lipinski definition) is 4. The molecule has 2 aromatic rings. The highest BCUT2D eigenvalue weighted by Gasteiger charge is 2.47. The van der Waals surface area contributed by atoms with Crippen LogP contribution >= 0.6 is 0 Å². The van der Waals surface area contributed by atoms with E-state index in [-0.39, 0.29) is 18.1 Å². The Bertz CT molecular complexity index is 839. The Balaban J connectivity index is 1.25. The number of nitrogens with one attached hydrogen (secondary N) is 1. The van der Waals surface area contributed by atoms with Gasteiger partial charge in [-0.25, -0.2) is 4.79 Å². The molecule has 0 radical (unpaired) electrons. The zero-order valence-corrected chi connectivity index (χ0v) is 17.4. The van der Waals surface area contributed by atoms with E-state index >= 15 is 0 Å². The van der Waals surface area contributed by atoms with E-state index < -0.39 is 5.60 Å². The first-order valence-electron chi connectivity index (χ1n) is 10.7. The molecule has 2 aliphatic rings. The van der Waals surface area contributed by atoms with E-state index in [2.05, 4.69) is 5.32 Å². The Kier molecular flexibility index (Phi) is 6.25. The van der Waals surface area contributed by atoms with E-state index in [1.807, 2.05) is 66.4 Å². The van der Waals surface area contributed by atoms with Crippen molar-refractivity contribution in [3.63, 3.8) is 0 Å². The Morgan fingerprint density at radius 1 is 1.10 bits per heavy atom. The normalized spacial score (nSPS) is 25.2. The third kappa shape index (κ3) is 5.12. The summed E-state index contributed by atoms with van der Waals surface area (Å²) in [6.45, 7) is 3.31. The van der Waals surface area contributed by atoms with E-state index in [1.165, 1.54) is 0 Å². The molecule has 2 bridgehead atoms. The number of carbonyl (C=O) groups is 1. The molecule has 2 N–H and O–H groups in total. The van der Waals surface area contributed by atoms with Crippen LogP contribution in [0.2, 0.25) is 0 Å². The number of ether oxygens (including phenoxy) is 2. The number of piperidine rings is 1. The lowest BCUT2D eigenvalue weighted by atomic mass is 9.88. The molecule has 6 heteroatoms. The van der Waals surface area contributed by atoms with Gasteiger partial charge in [0.1, 0.15) is 12.4 Å². The number of carbonyl (C=O) groups excluding carboxylic acids is 1. The van der Waals surface area contributed by atoms with Crippen molar-refractivity contribution in [3.05, 3.63) is 60.2 Å². The fraction of sp³-hybridized carbons (Fsp3) is 0.458. The average Bonchev–Trinajstić information content (AvgIpc) is 3.01. The second-order valence-corrected chi connectivity index (χ2v) is 8.54. The SMILES string of the molecule is CC1(O)CC2CCC(C1)N2C(=O)Nc1cccc(COCCOc2ccccc2)c1. The molecule has 2 saturated heterocycles. The second-order valence-electron chi connectivity index (χ2n) is 8.54. The molecule has 2 fully saturated rings. The highest BCUT2D eigenvalue weighted by Crippen LogP contribution is 2.40. The first-order chi connectivity index (χ1) is 14.5. The van der Waals surface area contributed by atoms with Gasteiger partial charge in [-0.3, -0.25) is 0 Å². The largest absolute Gasteiger partial charge is 0.491 e. The summed E-state index contributed by atoms with van der Waals surface area (Å²) < 4.78 is 11.3. The maximum atomic E-state index is 12.9. The standard InChI is InChI=1S/C24H30N2O4/c1-24(28)15-20-10-11-21(16-24)26(20)23(27)25-19-7-5-6-18(14-19)17-29-12-13-30-22-8-3-2-4-9-22/h2-9,14,20-21,28H,10-13,15-17H2,1H3,(H,25,27). The number of nitrogens with zero attached hydrogens (tertiary/aromatic N) is 1. The van der Waals surface area contributed by atoms with Crippen molar-refractivity contribution in [1.29, 1.82) is 0 Å². The summed E-state index contributed by atoms with van der Waals surface area (Å²) in [6, 6.07) is 17.6. The second kappa shape index (κ2) is 9.06. The lowest BCUT2D eigenvalue weighted by Crippen LogP contribution is -2.53. The Morgan fingerprint density at radius 3 is 2.57 bits per heavy atom. The van der Waals surface area contributed by atoms with Crippen molar-refractivity contribution in [2.75, 3.05) is 18.5 Å². The lowest BCUT2D eigenvalue weighted by Gasteiger charge is -2.42. The van der Waals surface area contributed by atoms with Crippen molar-refractivity contribution >= 4 is 11.7 Å². The minimum absolute atomic E-state index is 0.0765. The minimum Gasteiger partial charge on any atom is -0.491 e.